The lowest BCUT2D eigenvalue weighted by Crippen LogP contribution is -2.21. The van der Waals surface area contributed by atoms with Crippen LogP contribution in [0.3, 0.4) is 0 Å². The van der Waals surface area contributed by atoms with Crippen molar-refractivity contribution >= 4 is 28.6 Å². The van der Waals surface area contributed by atoms with Gasteiger partial charge in [0.2, 0.25) is 0 Å². The van der Waals surface area contributed by atoms with Crippen LogP contribution in [0.5, 0.6) is 0 Å². The van der Waals surface area contributed by atoms with Gasteiger partial charge in [-0.2, -0.15) is 5.10 Å². The van der Waals surface area contributed by atoms with Crippen LogP contribution in [0.1, 0.15) is 69.3 Å². The minimum absolute atomic E-state index is 0.00664. The molecule has 1 aromatic carbocycles. The van der Waals surface area contributed by atoms with Gasteiger partial charge >= 0.3 is 0 Å². The number of hydrogen-bond acceptors (Lipinski definition) is 6. The molecule has 0 spiro atoms. The van der Waals surface area contributed by atoms with Gasteiger partial charge in [-0.25, -0.2) is 9.37 Å². The Morgan fingerprint density at radius 2 is 2.05 bits per heavy atom. The molecule has 7 nitrogen and oxygen atoms in total. The minimum Gasteiger partial charge on any atom is -0.333 e. The van der Waals surface area contributed by atoms with E-state index in [9.17, 15) is 9.59 Å². The quantitative estimate of drug-likeness (QED) is 0.318. The molecule has 2 atom stereocenters. The van der Waals surface area contributed by atoms with E-state index in [1.54, 1.807) is 54.6 Å². The molecule has 6 rings (SSSR count). The Balaban J connectivity index is 1.31. The van der Waals surface area contributed by atoms with E-state index in [0.29, 0.717) is 46.5 Å². The molecule has 0 amide bonds. The van der Waals surface area contributed by atoms with Crippen molar-refractivity contribution in [3.63, 3.8) is 0 Å². The first-order valence-corrected chi connectivity index (χ1v) is 13.5. The fourth-order valence-electron chi connectivity index (χ4n) is 5.72. The van der Waals surface area contributed by atoms with Crippen molar-refractivity contribution in [3.05, 3.63) is 79.4 Å². The summed E-state index contributed by atoms with van der Waals surface area (Å²) in [6, 6.07) is 5.09. The van der Waals surface area contributed by atoms with E-state index < -0.39 is 5.82 Å². The second-order valence-corrected chi connectivity index (χ2v) is 11.1. The lowest BCUT2D eigenvalue weighted by Gasteiger charge is -2.14. The number of halogens is 1. The molecule has 1 saturated carbocycles. The predicted molar refractivity (Wildman–Crippen MR) is 142 cm³/mol. The number of rotatable bonds is 7. The maximum absolute atomic E-state index is 15.0. The van der Waals surface area contributed by atoms with Gasteiger partial charge in [0.05, 0.1) is 22.5 Å². The summed E-state index contributed by atoms with van der Waals surface area (Å²) < 4.78 is 18.2. The normalized spacial score (nSPS) is 17.8. The Kier molecular flexibility index (Phi) is 5.82. The number of Topliss-reactive ketones (excluding diaryl/α,β-unsaturated/α-hetero) is 1. The van der Waals surface area contributed by atoms with Crippen LogP contribution in [0.25, 0.3) is 11.3 Å². The average molecular weight is 518 g/mol. The highest BCUT2D eigenvalue weighted by molar-refractivity contribution is 7.14. The average Bonchev–Trinajstić information content (AvgIpc) is 3.66. The van der Waals surface area contributed by atoms with Crippen molar-refractivity contribution in [1.82, 2.24) is 19.3 Å². The van der Waals surface area contributed by atoms with E-state index in [1.165, 1.54) is 40.3 Å². The van der Waals surface area contributed by atoms with Crippen LogP contribution >= 0.6 is 11.3 Å². The van der Waals surface area contributed by atoms with Crippen LogP contribution in [0.15, 0.2) is 41.6 Å². The molecule has 9 heteroatoms. The molecule has 2 aliphatic carbocycles. The van der Waals surface area contributed by atoms with Crippen molar-refractivity contribution < 1.29 is 9.18 Å². The first kappa shape index (κ1) is 23.8. The molecular weight excluding hydrogens is 489 g/mol. The Hall–Kier alpha value is -3.59. The number of aromatic nitrogens is 4. The highest BCUT2D eigenvalue weighted by atomic mass is 32.1. The molecule has 3 aromatic heterocycles. The molecule has 0 saturated heterocycles. The number of nitrogens with zero attached hydrogens (tertiary/aromatic N) is 4. The first-order chi connectivity index (χ1) is 17.8. The summed E-state index contributed by atoms with van der Waals surface area (Å²) in [6.45, 7) is 4.49. The van der Waals surface area contributed by atoms with Gasteiger partial charge in [0, 0.05) is 42.8 Å². The summed E-state index contributed by atoms with van der Waals surface area (Å²) in [6.07, 6.45) is 8.70. The Morgan fingerprint density at radius 3 is 2.81 bits per heavy atom. The number of nitrogens with one attached hydrogen (secondary N) is 1. The summed E-state index contributed by atoms with van der Waals surface area (Å²) in [4.78, 5) is 32.7. The maximum atomic E-state index is 15.0. The van der Waals surface area contributed by atoms with Crippen molar-refractivity contribution in [2.24, 2.45) is 7.05 Å². The summed E-state index contributed by atoms with van der Waals surface area (Å²) in [5.74, 6) is 0.883. The van der Waals surface area contributed by atoms with Crippen molar-refractivity contribution in [3.8, 4) is 11.3 Å². The molecule has 2 unspecified atom stereocenters. The van der Waals surface area contributed by atoms with E-state index in [4.69, 9.17) is 0 Å². The van der Waals surface area contributed by atoms with Crippen molar-refractivity contribution in [2.75, 3.05) is 5.32 Å². The molecule has 1 fully saturated rings. The van der Waals surface area contributed by atoms with Gasteiger partial charge in [0.25, 0.3) is 5.56 Å². The monoisotopic (exact) mass is 517 g/mol. The summed E-state index contributed by atoms with van der Waals surface area (Å²) in [5.41, 5.74) is 3.92. The lowest BCUT2D eigenvalue weighted by molar-refractivity contribution is 0.0995. The molecule has 0 radical (unpaired) electrons. The lowest BCUT2D eigenvalue weighted by atomic mass is 9.95. The number of carbonyl (C=O) groups excluding carboxylic acids is 1. The topological polar surface area (TPSA) is 81.8 Å². The standard InChI is InChI=1S/C28H28FN5O2S/c1-4-34-13-18(12-30-34)31-27-28(36)33(3)14-23(32-27)19-7-8-22(29)20(15(19)2)10-24(35)25-11-21-16-5-6-17(9-16)26(21)37-25/h7-8,11-14,16-17H,4-6,9-10H2,1-3H3,(H,31,32). The van der Waals surface area contributed by atoms with E-state index in [-0.39, 0.29) is 23.6 Å². The number of aryl methyl sites for hydroxylation is 2. The predicted octanol–water partition coefficient (Wildman–Crippen LogP) is 5.71. The maximum Gasteiger partial charge on any atom is 0.293 e. The van der Waals surface area contributed by atoms with E-state index >= 15 is 4.39 Å². The van der Waals surface area contributed by atoms with Crippen LogP contribution in [0.4, 0.5) is 15.9 Å². The van der Waals surface area contributed by atoms with Crippen LogP contribution in [-0.2, 0) is 20.0 Å². The molecule has 37 heavy (non-hydrogen) atoms. The number of carbonyl (C=O) groups is 1. The summed E-state index contributed by atoms with van der Waals surface area (Å²) in [5, 5.41) is 7.28. The molecule has 0 aliphatic heterocycles. The number of benzene rings is 1. The third kappa shape index (κ3) is 4.11. The number of thiophene rings is 1. The summed E-state index contributed by atoms with van der Waals surface area (Å²) >= 11 is 1.60. The third-order valence-corrected chi connectivity index (χ3v) is 9.11. The Bertz CT molecular complexity index is 1570. The van der Waals surface area contributed by atoms with Gasteiger partial charge in [-0.3, -0.25) is 14.3 Å². The van der Waals surface area contributed by atoms with Gasteiger partial charge < -0.3 is 9.88 Å². The van der Waals surface area contributed by atoms with Crippen molar-refractivity contribution in [2.45, 2.75) is 57.9 Å². The van der Waals surface area contributed by atoms with Crippen LogP contribution in [-0.4, -0.2) is 25.1 Å². The molecule has 1 N–H and O–H groups in total. The van der Waals surface area contributed by atoms with E-state index in [1.807, 2.05) is 6.92 Å². The van der Waals surface area contributed by atoms with Gasteiger partial charge in [-0.15, -0.1) is 11.3 Å². The first-order valence-electron chi connectivity index (χ1n) is 12.6. The smallest absolute Gasteiger partial charge is 0.293 e. The minimum atomic E-state index is -0.408. The second-order valence-electron chi connectivity index (χ2n) is 10.0. The van der Waals surface area contributed by atoms with Crippen LogP contribution in [0.2, 0.25) is 0 Å². The van der Waals surface area contributed by atoms with Gasteiger partial charge in [0.15, 0.2) is 11.6 Å². The highest BCUT2D eigenvalue weighted by Crippen LogP contribution is 2.56. The molecule has 3 heterocycles. The Labute approximate surface area is 218 Å². The largest absolute Gasteiger partial charge is 0.333 e. The van der Waals surface area contributed by atoms with Crippen molar-refractivity contribution in [1.29, 1.82) is 0 Å². The fourth-order valence-corrected chi connectivity index (χ4v) is 7.05. The Morgan fingerprint density at radius 1 is 1.24 bits per heavy atom. The third-order valence-electron chi connectivity index (χ3n) is 7.75. The fraction of sp³-hybridized carbons (Fsp3) is 0.357. The van der Waals surface area contributed by atoms with E-state index in [0.717, 1.165) is 4.88 Å². The number of ketones is 1. The molecule has 190 valence electrons. The number of hydrogen-bond donors (Lipinski definition) is 1. The van der Waals surface area contributed by atoms with Gasteiger partial charge in [0.1, 0.15) is 5.82 Å². The number of fused-ring (bicyclic) bond motifs is 5. The summed E-state index contributed by atoms with van der Waals surface area (Å²) in [7, 11) is 1.65. The molecular formula is C28H28FN5O2S. The highest BCUT2D eigenvalue weighted by Gasteiger charge is 2.39. The van der Waals surface area contributed by atoms with Gasteiger partial charge in [-0.05, 0) is 79.8 Å². The van der Waals surface area contributed by atoms with Crippen LogP contribution in [0, 0.1) is 12.7 Å². The second kappa shape index (κ2) is 9.06. The van der Waals surface area contributed by atoms with E-state index in [2.05, 4.69) is 21.5 Å². The molecule has 2 aliphatic rings. The van der Waals surface area contributed by atoms with Gasteiger partial charge in [-0.1, -0.05) is 0 Å². The zero-order valence-corrected chi connectivity index (χ0v) is 21.9. The molecule has 4 aromatic rings. The zero-order chi connectivity index (χ0) is 25.8. The molecule has 2 bridgehead atoms. The SMILES string of the molecule is CCn1cc(Nc2nc(-c3ccc(F)c(CC(=O)c4cc5c(s4)C4CCC5C4)c3C)cn(C)c2=O)cn1. The van der Waals surface area contributed by atoms with Crippen LogP contribution < -0.4 is 10.9 Å². The zero-order valence-electron chi connectivity index (χ0n) is 21.0. The number of anilines is 2.